The normalized spacial score (nSPS) is 18.6. The Morgan fingerprint density at radius 2 is 2.11 bits per heavy atom. The Labute approximate surface area is 219 Å². The summed E-state index contributed by atoms with van der Waals surface area (Å²) in [7, 11) is -1.55. The highest BCUT2D eigenvalue weighted by Crippen LogP contribution is 2.31. The van der Waals surface area contributed by atoms with Gasteiger partial charge in [0.15, 0.2) is 5.13 Å². The van der Waals surface area contributed by atoms with Gasteiger partial charge in [0.2, 0.25) is 0 Å². The molecule has 0 radical (unpaired) electrons. The first-order chi connectivity index (χ1) is 18.1. The number of amidine groups is 1. The van der Waals surface area contributed by atoms with E-state index in [0.717, 1.165) is 16.2 Å². The van der Waals surface area contributed by atoms with Crippen LogP contribution in [0.3, 0.4) is 0 Å². The Hall–Kier alpha value is -4.25. The van der Waals surface area contributed by atoms with Gasteiger partial charge in [-0.15, -0.1) is 0 Å². The van der Waals surface area contributed by atoms with Crippen LogP contribution in [0.2, 0.25) is 0 Å². The van der Waals surface area contributed by atoms with Crippen molar-refractivity contribution in [2.24, 2.45) is 10.7 Å². The zero-order valence-electron chi connectivity index (χ0n) is 19.7. The van der Waals surface area contributed by atoms with E-state index in [-0.39, 0.29) is 48.3 Å². The Kier molecular flexibility index (Phi) is 7.77. The number of carbonyl (C=O) groups excluding carboxylic acids is 3. The number of halogens is 1. The Balaban J connectivity index is 1.57. The van der Waals surface area contributed by atoms with Gasteiger partial charge in [0, 0.05) is 25.8 Å². The number of alkyl halides is 1. The maximum absolute atomic E-state index is 13.0. The number of urea groups is 1. The molecule has 1 saturated heterocycles. The zero-order valence-corrected chi connectivity index (χ0v) is 20.6. The highest BCUT2D eigenvalue weighted by atomic mass is 32.1. The summed E-state index contributed by atoms with van der Waals surface area (Å²) in [6.45, 7) is -1.28. The predicted molar refractivity (Wildman–Crippen MR) is 133 cm³/mol. The quantitative estimate of drug-likeness (QED) is 0.126. The van der Waals surface area contributed by atoms with Gasteiger partial charge in [-0.3, -0.25) is 19.5 Å². The molecule has 0 aliphatic carbocycles. The molecule has 0 bridgehead atoms. The number of rotatable bonds is 7. The van der Waals surface area contributed by atoms with E-state index >= 15 is 0 Å². The topological polar surface area (TPSA) is 214 Å². The molecule has 2 aliphatic heterocycles. The lowest BCUT2D eigenvalue weighted by Crippen LogP contribution is -2.59. The van der Waals surface area contributed by atoms with Crippen molar-refractivity contribution in [3.63, 3.8) is 0 Å². The number of nitrogens with zero attached hydrogens (tertiary/aromatic N) is 4. The van der Waals surface area contributed by atoms with Crippen molar-refractivity contribution >= 4 is 53.2 Å². The number of anilines is 1. The minimum Gasteiger partial charge on any atom is -0.534 e. The molecular formula is C21H23BFN7O7S. The third kappa shape index (κ3) is 5.37. The van der Waals surface area contributed by atoms with Crippen molar-refractivity contribution in [3.8, 4) is 5.75 Å². The first-order valence-electron chi connectivity index (χ1n) is 11.3. The summed E-state index contributed by atoms with van der Waals surface area (Å²) < 4.78 is 18.1. The van der Waals surface area contributed by atoms with E-state index in [4.69, 9.17) is 16.1 Å². The monoisotopic (exact) mass is 547 g/mol. The molecular weight excluding hydrogens is 524 g/mol. The van der Waals surface area contributed by atoms with Crippen molar-refractivity contribution in [2.75, 3.05) is 32.0 Å². The molecule has 3 heterocycles. The minimum atomic E-state index is -1.55. The number of nitrogens with two attached hydrogens (primary N) is 2. The number of fused-ring (bicyclic) bond motifs is 1. The van der Waals surface area contributed by atoms with Gasteiger partial charge >= 0.3 is 30.9 Å². The van der Waals surface area contributed by atoms with Gasteiger partial charge in [-0.1, -0.05) is 23.5 Å². The molecule has 1 aromatic heterocycles. The van der Waals surface area contributed by atoms with Gasteiger partial charge in [-0.2, -0.15) is 0 Å². The Bertz CT molecular complexity index is 1310. The van der Waals surface area contributed by atoms with Crippen LogP contribution in [0.5, 0.6) is 5.75 Å². The third-order valence-corrected chi connectivity index (χ3v) is 6.83. The van der Waals surface area contributed by atoms with Gasteiger partial charge in [0.1, 0.15) is 30.2 Å². The Morgan fingerprint density at radius 1 is 1.34 bits per heavy atom. The van der Waals surface area contributed by atoms with E-state index in [1.54, 1.807) is 6.07 Å². The molecule has 2 atom stereocenters. The number of carboxylic acid groups (broad SMARTS) is 1. The number of benzene rings is 1. The van der Waals surface area contributed by atoms with Crippen LogP contribution in [0, 0.1) is 0 Å². The molecule has 4 amide bonds. The number of nitrogens with one attached hydrogen (secondary N) is 1. The molecule has 14 nitrogen and oxygen atoms in total. The minimum absolute atomic E-state index is 0.0210. The smallest absolute Gasteiger partial charge is 0.534 e. The van der Waals surface area contributed by atoms with Crippen molar-refractivity contribution in [3.05, 3.63) is 40.4 Å². The molecule has 4 rings (SSSR count). The highest BCUT2D eigenvalue weighted by molar-refractivity contribution is 7.15. The maximum atomic E-state index is 13.0. The number of piperazine rings is 1. The fraction of sp³-hybridized carbons (Fsp3) is 0.333. The first-order valence-corrected chi connectivity index (χ1v) is 12.1. The van der Waals surface area contributed by atoms with Gasteiger partial charge in [0.25, 0.3) is 0 Å². The van der Waals surface area contributed by atoms with Crippen LogP contribution in [0.4, 0.5) is 14.3 Å². The van der Waals surface area contributed by atoms with Crippen LogP contribution < -0.4 is 21.4 Å². The van der Waals surface area contributed by atoms with E-state index in [2.05, 4.69) is 15.3 Å². The van der Waals surface area contributed by atoms with Crippen LogP contribution in [-0.4, -0.2) is 93.9 Å². The molecule has 1 aromatic carbocycles. The summed E-state index contributed by atoms with van der Waals surface area (Å²) in [6, 6.07) is 2.40. The predicted octanol–water partition coefficient (Wildman–Crippen LogP) is -0.805. The lowest BCUT2D eigenvalue weighted by molar-refractivity contribution is -0.153. The number of nitrogen functional groups attached to an aromatic ring is 1. The second-order valence-electron chi connectivity index (χ2n) is 8.35. The van der Waals surface area contributed by atoms with E-state index in [9.17, 15) is 33.7 Å². The van der Waals surface area contributed by atoms with E-state index < -0.39 is 49.6 Å². The number of thiazole rings is 1. The van der Waals surface area contributed by atoms with Crippen LogP contribution in [0.15, 0.2) is 29.4 Å². The molecule has 38 heavy (non-hydrogen) atoms. The summed E-state index contributed by atoms with van der Waals surface area (Å²) in [5.41, 5.74) is 12.3. The molecule has 2 aliphatic rings. The average molecular weight is 547 g/mol. The van der Waals surface area contributed by atoms with Crippen molar-refractivity contribution in [1.82, 2.24) is 20.1 Å². The van der Waals surface area contributed by atoms with Crippen LogP contribution in [0.25, 0.3) is 0 Å². The van der Waals surface area contributed by atoms with Crippen LogP contribution in [0.1, 0.15) is 26.8 Å². The number of aliphatic imine (C=N–C) groups is 1. The fourth-order valence-electron chi connectivity index (χ4n) is 4.06. The van der Waals surface area contributed by atoms with E-state index in [0.29, 0.717) is 15.3 Å². The lowest BCUT2D eigenvalue weighted by Gasteiger charge is -2.33. The summed E-state index contributed by atoms with van der Waals surface area (Å²) in [4.78, 5) is 59.5. The summed E-state index contributed by atoms with van der Waals surface area (Å²) in [6.07, 6.45) is 1.43. The number of para-hydroxylation sites is 1. The number of amides is 4. The van der Waals surface area contributed by atoms with Gasteiger partial charge < -0.3 is 36.5 Å². The van der Waals surface area contributed by atoms with E-state index in [1.165, 1.54) is 18.3 Å². The van der Waals surface area contributed by atoms with Gasteiger partial charge in [-0.05, 0) is 18.1 Å². The second-order valence-corrected chi connectivity index (χ2v) is 9.45. The molecule has 17 heteroatoms. The number of aromatic carboxylic acids is 1. The largest absolute Gasteiger partial charge is 0.549 e. The van der Waals surface area contributed by atoms with Crippen LogP contribution >= 0.6 is 11.3 Å². The standard InChI is InChI=1S/C21H23BFN7O7S/c23-4-5-29-6-7-30(18(32)17(29)31)21(35)28-14(12-9-26-20(25)38-12)16(24)27-13-8-10-2-1-3-11(19(33)34)15(10)37-22(13)36/h1-3,9,13-14,36H,4-8H2,(H2,24,27)(H2,25,26)(H,28,35)(H,33,34)/t13-,14?/m0/s1. The molecule has 7 N–H and O–H groups in total. The second kappa shape index (κ2) is 11.0. The SMILES string of the molecule is N/C(=N\[C@H]1Cc2cccc(C(=O)O)c2OB1O)C(NC(=O)N1CCN(CCF)C(=O)C1=O)c1cnc(N)s1. The summed E-state index contributed by atoms with van der Waals surface area (Å²) in [5.74, 6) is -4.49. The number of hydrogen-bond acceptors (Lipinski definition) is 10. The lowest BCUT2D eigenvalue weighted by atomic mass is 9.72. The van der Waals surface area contributed by atoms with Crippen LogP contribution in [-0.2, 0) is 16.0 Å². The zero-order chi connectivity index (χ0) is 27.6. The summed E-state index contributed by atoms with van der Waals surface area (Å²) >= 11 is 0.990. The highest BCUT2D eigenvalue weighted by Gasteiger charge is 2.39. The third-order valence-electron chi connectivity index (χ3n) is 5.94. The fourth-order valence-corrected chi connectivity index (χ4v) is 4.81. The first kappa shape index (κ1) is 26.8. The van der Waals surface area contributed by atoms with Crippen molar-refractivity contribution in [2.45, 2.75) is 18.4 Å². The number of imide groups is 1. The number of aromatic nitrogens is 1. The van der Waals surface area contributed by atoms with Gasteiger partial charge in [0.05, 0.1) is 10.4 Å². The maximum Gasteiger partial charge on any atom is 0.549 e. The van der Waals surface area contributed by atoms with Crippen molar-refractivity contribution in [1.29, 1.82) is 0 Å². The molecule has 0 spiro atoms. The number of carbonyl (C=O) groups is 4. The molecule has 200 valence electrons. The molecule has 1 unspecified atom stereocenters. The number of hydrogen-bond donors (Lipinski definition) is 5. The Morgan fingerprint density at radius 3 is 2.76 bits per heavy atom. The number of carboxylic acids is 1. The molecule has 0 saturated carbocycles. The summed E-state index contributed by atoms with van der Waals surface area (Å²) in [5, 5.41) is 22.6. The molecule has 1 fully saturated rings. The van der Waals surface area contributed by atoms with Gasteiger partial charge in [-0.25, -0.2) is 19.0 Å². The van der Waals surface area contributed by atoms with Crippen molar-refractivity contribution < 1.29 is 38.4 Å². The average Bonchev–Trinajstić information content (AvgIpc) is 3.31. The van der Waals surface area contributed by atoms with E-state index in [1.807, 2.05) is 0 Å². The molecule has 2 aromatic rings.